The van der Waals surface area contributed by atoms with Gasteiger partial charge in [-0.05, 0) is 24.0 Å². The smallest absolute Gasteiger partial charge is 0.149 e. The Hall–Kier alpha value is -1.63. The summed E-state index contributed by atoms with van der Waals surface area (Å²) >= 11 is 0. The molecule has 0 aliphatic carbocycles. The molecule has 0 fully saturated rings. The highest BCUT2D eigenvalue weighted by Crippen LogP contribution is 2.25. The first-order valence-corrected chi connectivity index (χ1v) is 5.51. The maximum atomic E-state index is 13.3. The molecule has 4 heteroatoms. The molecule has 1 aromatic carbocycles. The molecule has 0 aliphatic heterocycles. The van der Waals surface area contributed by atoms with Crippen molar-refractivity contribution in [2.75, 3.05) is 11.9 Å². The van der Waals surface area contributed by atoms with E-state index < -0.39 is 11.6 Å². The first kappa shape index (κ1) is 13.4. The number of nitriles is 1. The molecular weight excluding hydrogens is 222 g/mol. The zero-order valence-corrected chi connectivity index (χ0v) is 10.1. The quantitative estimate of drug-likeness (QED) is 0.848. The fourth-order valence-corrected chi connectivity index (χ4v) is 1.48. The summed E-state index contributed by atoms with van der Waals surface area (Å²) in [6.45, 7) is 4.33. The lowest BCUT2D eigenvalue weighted by Crippen LogP contribution is -2.23. The largest absolute Gasteiger partial charge is 0.380 e. The van der Waals surface area contributed by atoms with Gasteiger partial charge in [0.15, 0.2) is 0 Å². The van der Waals surface area contributed by atoms with Gasteiger partial charge in [0.1, 0.15) is 17.3 Å². The van der Waals surface area contributed by atoms with Crippen molar-refractivity contribution < 1.29 is 8.78 Å². The molecule has 92 valence electrons. The third-order valence-corrected chi connectivity index (χ3v) is 2.62. The highest BCUT2D eigenvalue weighted by molar-refractivity contribution is 5.46. The highest BCUT2D eigenvalue weighted by atomic mass is 19.1. The molecule has 0 amide bonds. The summed E-state index contributed by atoms with van der Waals surface area (Å²) in [6, 6.07) is 5.83. The predicted octanol–water partition coefficient (Wildman–Crippen LogP) is 3.71. The van der Waals surface area contributed by atoms with Gasteiger partial charge in [0.05, 0.1) is 6.07 Å². The van der Waals surface area contributed by atoms with Crippen molar-refractivity contribution in [1.82, 2.24) is 0 Å². The van der Waals surface area contributed by atoms with Crippen LogP contribution >= 0.6 is 0 Å². The maximum Gasteiger partial charge on any atom is 0.149 e. The van der Waals surface area contributed by atoms with Crippen LogP contribution in [-0.4, -0.2) is 6.54 Å². The van der Waals surface area contributed by atoms with Crippen molar-refractivity contribution in [2.45, 2.75) is 26.7 Å². The molecule has 17 heavy (non-hydrogen) atoms. The molecule has 1 N–H and O–H groups in total. The minimum atomic E-state index is -0.596. The van der Waals surface area contributed by atoms with Gasteiger partial charge in [0.2, 0.25) is 0 Å². The SMILES string of the molecule is CC(C)(CCC#N)CNc1c(F)cccc1F. The van der Waals surface area contributed by atoms with E-state index in [2.05, 4.69) is 11.4 Å². The van der Waals surface area contributed by atoms with E-state index in [1.807, 2.05) is 13.8 Å². The predicted molar refractivity (Wildman–Crippen MR) is 63.5 cm³/mol. The van der Waals surface area contributed by atoms with Crippen molar-refractivity contribution in [3.63, 3.8) is 0 Å². The minimum absolute atomic E-state index is 0.0995. The molecule has 0 heterocycles. The Morgan fingerprint density at radius 2 is 1.88 bits per heavy atom. The molecule has 0 radical (unpaired) electrons. The lowest BCUT2D eigenvalue weighted by atomic mass is 9.88. The highest BCUT2D eigenvalue weighted by Gasteiger charge is 2.18. The van der Waals surface area contributed by atoms with E-state index in [9.17, 15) is 8.78 Å². The van der Waals surface area contributed by atoms with Gasteiger partial charge >= 0.3 is 0 Å². The Bertz CT molecular complexity index is 402. The molecule has 0 spiro atoms. The number of anilines is 1. The van der Waals surface area contributed by atoms with Crippen LogP contribution in [0.5, 0.6) is 0 Å². The van der Waals surface area contributed by atoms with Gasteiger partial charge in [-0.25, -0.2) is 8.78 Å². The van der Waals surface area contributed by atoms with E-state index in [4.69, 9.17) is 5.26 Å². The van der Waals surface area contributed by atoms with Gasteiger partial charge in [-0.15, -0.1) is 0 Å². The van der Waals surface area contributed by atoms with Gasteiger partial charge < -0.3 is 5.32 Å². The van der Waals surface area contributed by atoms with E-state index in [-0.39, 0.29) is 11.1 Å². The Morgan fingerprint density at radius 3 is 2.41 bits per heavy atom. The molecule has 0 aliphatic rings. The van der Waals surface area contributed by atoms with Gasteiger partial charge in [-0.2, -0.15) is 5.26 Å². The first-order chi connectivity index (χ1) is 7.96. The maximum absolute atomic E-state index is 13.3. The average molecular weight is 238 g/mol. The van der Waals surface area contributed by atoms with E-state index in [1.54, 1.807) is 0 Å². The van der Waals surface area contributed by atoms with Crippen LogP contribution in [0.1, 0.15) is 26.7 Å². The molecule has 2 nitrogen and oxygen atoms in total. The van der Waals surface area contributed by atoms with Crippen LogP contribution in [0.15, 0.2) is 18.2 Å². The van der Waals surface area contributed by atoms with Crippen molar-refractivity contribution in [1.29, 1.82) is 5.26 Å². The molecule has 1 rings (SSSR count). The molecule has 0 aromatic heterocycles. The van der Waals surface area contributed by atoms with Gasteiger partial charge in [-0.1, -0.05) is 19.9 Å². The molecule has 1 aromatic rings. The van der Waals surface area contributed by atoms with Crippen molar-refractivity contribution in [2.24, 2.45) is 5.41 Å². The summed E-state index contributed by atoms with van der Waals surface area (Å²) in [5.74, 6) is -1.19. The lowest BCUT2D eigenvalue weighted by Gasteiger charge is -2.24. The van der Waals surface area contributed by atoms with Gasteiger partial charge in [-0.3, -0.25) is 0 Å². The summed E-state index contributed by atoms with van der Waals surface area (Å²) in [5, 5.41) is 11.3. The first-order valence-electron chi connectivity index (χ1n) is 5.51. The molecule has 0 saturated carbocycles. The zero-order chi connectivity index (χ0) is 12.9. The molecule has 0 atom stereocenters. The number of halogens is 2. The van der Waals surface area contributed by atoms with Crippen LogP contribution in [0.2, 0.25) is 0 Å². The Morgan fingerprint density at radius 1 is 1.29 bits per heavy atom. The fourth-order valence-electron chi connectivity index (χ4n) is 1.48. The average Bonchev–Trinajstić information content (AvgIpc) is 2.26. The summed E-state index contributed by atoms with van der Waals surface area (Å²) < 4.78 is 26.6. The standard InChI is InChI=1S/C13H16F2N2/c1-13(2,7-4-8-16)9-17-12-10(14)5-3-6-11(12)15/h3,5-6,17H,4,7,9H2,1-2H3. The van der Waals surface area contributed by atoms with Gasteiger partial charge in [0.25, 0.3) is 0 Å². The summed E-state index contributed by atoms with van der Waals surface area (Å²) in [5.41, 5.74) is -0.276. The third-order valence-electron chi connectivity index (χ3n) is 2.62. The summed E-state index contributed by atoms with van der Waals surface area (Å²) in [6.07, 6.45) is 1.13. The number of benzene rings is 1. The monoisotopic (exact) mass is 238 g/mol. The fraction of sp³-hybridized carbons (Fsp3) is 0.462. The Balaban J connectivity index is 2.64. The number of hydrogen-bond donors (Lipinski definition) is 1. The second-order valence-electron chi connectivity index (χ2n) is 4.77. The van der Waals surface area contributed by atoms with Crippen molar-refractivity contribution in [3.8, 4) is 6.07 Å². The van der Waals surface area contributed by atoms with Crippen LogP contribution < -0.4 is 5.32 Å². The lowest BCUT2D eigenvalue weighted by molar-refractivity contribution is 0.362. The minimum Gasteiger partial charge on any atom is -0.380 e. The van der Waals surface area contributed by atoms with Crippen LogP contribution in [-0.2, 0) is 0 Å². The second kappa shape index (κ2) is 5.62. The topological polar surface area (TPSA) is 35.8 Å². The van der Waals surface area contributed by atoms with E-state index in [0.29, 0.717) is 19.4 Å². The van der Waals surface area contributed by atoms with E-state index in [1.165, 1.54) is 18.2 Å². The molecule has 0 unspecified atom stereocenters. The van der Waals surface area contributed by atoms with Gasteiger partial charge in [0, 0.05) is 13.0 Å². The summed E-state index contributed by atoms with van der Waals surface area (Å²) in [4.78, 5) is 0. The molecule has 0 bridgehead atoms. The van der Waals surface area contributed by atoms with Crippen LogP contribution in [0.3, 0.4) is 0 Å². The third kappa shape index (κ3) is 4.03. The Kier molecular flexibility index (Phi) is 4.45. The van der Waals surface area contributed by atoms with Crippen LogP contribution in [0, 0.1) is 28.4 Å². The molecular formula is C13H16F2N2. The van der Waals surface area contributed by atoms with E-state index >= 15 is 0 Å². The van der Waals surface area contributed by atoms with Crippen molar-refractivity contribution >= 4 is 5.69 Å². The van der Waals surface area contributed by atoms with Crippen molar-refractivity contribution in [3.05, 3.63) is 29.8 Å². The van der Waals surface area contributed by atoms with E-state index in [0.717, 1.165) is 0 Å². The van der Waals surface area contributed by atoms with Crippen LogP contribution in [0.25, 0.3) is 0 Å². The zero-order valence-electron chi connectivity index (χ0n) is 10.1. The van der Waals surface area contributed by atoms with Crippen LogP contribution in [0.4, 0.5) is 14.5 Å². The number of rotatable bonds is 5. The second-order valence-corrected chi connectivity index (χ2v) is 4.77. The Labute approximate surface area is 100 Å². The normalized spacial score (nSPS) is 11.0. The number of hydrogen-bond acceptors (Lipinski definition) is 2. The summed E-state index contributed by atoms with van der Waals surface area (Å²) in [7, 11) is 0. The molecule has 0 saturated heterocycles. The number of nitrogens with zero attached hydrogens (tertiary/aromatic N) is 1. The number of nitrogens with one attached hydrogen (secondary N) is 1. The number of para-hydroxylation sites is 1.